The Morgan fingerprint density at radius 3 is 2.89 bits per heavy atom. The lowest BCUT2D eigenvalue weighted by Gasteiger charge is -2.03. The first-order chi connectivity index (χ1) is 8.69. The van der Waals surface area contributed by atoms with E-state index >= 15 is 0 Å². The molecule has 2 aromatic heterocycles. The summed E-state index contributed by atoms with van der Waals surface area (Å²) in [4.78, 5) is 0. The van der Waals surface area contributed by atoms with Crippen LogP contribution in [0.3, 0.4) is 0 Å². The predicted octanol–water partition coefficient (Wildman–Crippen LogP) is 0.660. The molecule has 0 bridgehead atoms. The van der Waals surface area contributed by atoms with Crippen LogP contribution in [0.4, 0.5) is 5.69 Å². The van der Waals surface area contributed by atoms with Gasteiger partial charge in [0, 0.05) is 12.2 Å². The first kappa shape index (κ1) is 12.6. The Hall–Kier alpha value is -1.89. The fourth-order valence-electron chi connectivity index (χ4n) is 1.54. The molecule has 98 valence electrons. The SMILES string of the molecule is CC(C)n1cc(NCc2cn(CCO)nn2)cn1. The van der Waals surface area contributed by atoms with Gasteiger partial charge in [0.25, 0.3) is 0 Å². The normalized spacial score (nSPS) is 11.1. The van der Waals surface area contributed by atoms with Gasteiger partial charge in [-0.25, -0.2) is 4.68 Å². The largest absolute Gasteiger partial charge is 0.394 e. The van der Waals surface area contributed by atoms with Crippen molar-refractivity contribution in [3.8, 4) is 0 Å². The number of nitrogens with one attached hydrogen (secondary N) is 1. The Morgan fingerprint density at radius 2 is 2.22 bits per heavy atom. The van der Waals surface area contributed by atoms with Crippen molar-refractivity contribution < 1.29 is 5.11 Å². The third kappa shape index (κ3) is 3.07. The van der Waals surface area contributed by atoms with Crippen LogP contribution >= 0.6 is 0 Å². The molecule has 0 aliphatic carbocycles. The summed E-state index contributed by atoms with van der Waals surface area (Å²) >= 11 is 0. The van der Waals surface area contributed by atoms with Crippen molar-refractivity contribution in [1.29, 1.82) is 0 Å². The third-order valence-electron chi connectivity index (χ3n) is 2.52. The molecule has 0 saturated carbocycles. The molecule has 0 amide bonds. The molecule has 2 heterocycles. The molecule has 0 aliphatic heterocycles. The van der Waals surface area contributed by atoms with Crippen LogP contribution < -0.4 is 5.32 Å². The molecule has 0 aromatic carbocycles. The number of hydrogen-bond acceptors (Lipinski definition) is 5. The Balaban J connectivity index is 1.89. The molecule has 2 aromatic rings. The zero-order chi connectivity index (χ0) is 13.0. The Morgan fingerprint density at radius 1 is 1.39 bits per heavy atom. The summed E-state index contributed by atoms with van der Waals surface area (Å²) in [7, 11) is 0. The van der Waals surface area contributed by atoms with E-state index in [2.05, 4.69) is 34.6 Å². The van der Waals surface area contributed by atoms with Crippen molar-refractivity contribution in [3.05, 3.63) is 24.3 Å². The highest BCUT2D eigenvalue weighted by molar-refractivity contribution is 5.38. The Bertz CT molecular complexity index is 489. The molecule has 2 N–H and O–H groups in total. The minimum absolute atomic E-state index is 0.0669. The van der Waals surface area contributed by atoms with E-state index in [1.807, 2.05) is 17.1 Å². The van der Waals surface area contributed by atoms with Crippen LogP contribution in [0, 0.1) is 0 Å². The van der Waals surface area contributed by atoms with Crippen LogP contribution in [0.1, 0.15) is 25.6 Å². The van der Waals surface area contributed by atoms with Crippen molar-refractivity contribution in [3.63, 3.8) is 0 Å². The zero-order valence-corrected chi connectivity index (χ0v) is 10.6. The smallest absolute Gasteiger partial charge is 0.102 e. The molecule has 0 atom stereocenters. The average molecular weight is 250 g/mol. The summed E-state index contributed by atoms with van der Waals surface area (Å²) in [6.07, 6.45) is 5.57. The van der Waals surface area contributed by atoms with Gasteiger partial charge < -0.3 is 10.4 Å². The van der Waals surface area contributed by atoms with Crippen molar-refractivity contribution >= 4 is 5.69 Å². The number of nitrogens with zero attached hydrogens (tertiary/aromatic N) is 5. The molecule has 0 radical (unpaired) electrons. The summed E-state index contributed by atoms with van der Waals surface area (Å²) in [5.41, 5.74) is 1.79. The molecular formula is C11H18N6O. The van der Waals surface area contributed by atoms with Crippen LogP contribution in [0.15, 0.2) is 18.6 Å². The van der Waals surface area contributed by atoms with Crippen LogP contribution in [0.25, 0.3) is 0 Å². The molecule has 18 heavy (non-hydrogen) atoms. The predicted molar refractivity (Wildman–Crippen MR) is 67.0 cm³/mol. The van der Waals surface area contributed by atoms with Crippen molar-refractivity contribution in [1.82, 2.24) is 24.8 Å². The fourth-order valence-corrected chi connectivity index (χ4v) is 1.54. The molecule has 0 unspecified atom stereocenters. The van der Waals surface area contributed by atoms with E-state index in [0.717, 1.165) is 11.4 Å². The van der Waals surface area contributed by atoms with Gasteiger partial charge in [0.15, 0.2) is 0 Å². The monoisotopic (exact) mass is 250 g/mol. The summed E-state index contributed by atoms with van der Waals surface area (Å²) in [6, 6.07) is 0.353. The second-order valence-corrected chi connectivity index (χ2v) is 4.35. The van der Waals surface area contributed by atoms with Gasteiger partial charge in [0.1, 0.15) is 5.69 Å². The number of anilines is 1. The molecule has 7 nitrogen and oxygen atoms in total. The average Bonchev–Trinajstić information content (AvgIpc) is 2.95. The quantitative estimate of drug-likeness (QED) is 0.787. The van der Waals surface area contributed by atoms with Gasteiger partial charge in [-0.15, -0.1) is 5.10 Å². The van der Waals surface area contributed by atoms with Crippen LogP contribution in [0.2, 0.25) is 0 Å². The Kier molecular flexibility index (Phi) is 3.93. The van der Waals surface area contributed by atoms with Gasteiger partial charge in [-0.1, -0.05) is 5.21 Å². The molecule has 0 spiro atoms. The van der Waals surface area contributed by atoms with E-state index in [4.69, 9.17) is 5.11 Å². The van der Waals surface area contributed by atoms with Gasteiger partial charge in [0.2, 0.25) is 0 Å². The van der Waals surface area contributed by atoms with Gasteiger partial charge in [-0.2, -0.15) is 5.10 Å². The van der Waals surface area contributed by atoms with Crippen LogP contribution in [0.5, 0.6) is 0 Å². The van der Waals surface area contributed by atoms with E-state index in [1.54, 1.807) is 10.9 Å². The summed E-state index contributed by atoms with van der Waals surface area (Å²) in [6.45, 7) is 5.29. The van der Waals surface area contributed by atoms with Crippen molar-refractivity contribution in [2.45, 2.75) is 33.0 Å². The standard InChI is InChI=1S/C11H18N6O/c1-9(2)17-8-10(6-13-17)12-5-11-7-16(3-4-18)15-14-11/h6-9,12,18H,3-5H2,1-2H3. The lowest BCUT2D eigenvalue weighted by Crippen LogP contribution is -2.02. The topological polar surface area (TPSA) is 80.8 Å². The van der Waals surface area contributed by atoms with Crippen LogP contribution in [-0.2, 0) is 13.1 Å². The minimum Gasteiger partial charge on any atom is -0.394 e. The second kappa shape index (κ2) is 5.63. The Labute approximate surface area is 105 Å². The molecule has 0 aliphatic rings. The summed E-state index contributed by atoms with van der Waals surface area (Å²) < 4.78 is 3.51. The number of rotatable bonds is 6. The maximum absolute atomic E-state index is 8.78. The third-order valence-corrected chi connectivity index (χ3v) is 2.52. The summed E-state index contributed by atoms with van der Waals surface area (Å²) in [5, 5.41) is 24.2. The van der Waals surface area contributed by atoms with Crippen molar-refractivity contribution in [2.24, 2.45) is 0 Å². The molecule has 2 rings (SSSR count). The molecular weight excluding hydrogens is 232 g/mol. The lowest BCUT2D eigenvalue weighted by molar-refractivity contribution is 0.268. The number of hydrogen-bond donors (Lipinski definition) is 2. The van der Waals surface area contributed by atoms with Gasteiger partial charge in [0.05, 0.1) is 37.8 Å². The highest BCUT2D eigenvalue weighted by Crippen LogP contribution is 2.10. The minimum atomic E-state index is 0.0669. The summed E-state index contributed by atoms with van der Waals surface area (Å²) in [5.74, 6) is 0. The van der Waals surface area contributed by atoms with Crippen molar-refractivity contribution in [2.75, 3.05) is 11.9 Å². The molecule has 0 saturated heterocycles. The maximum Gasteiger partial charge on any atom is 0.102 e. The van der Waals surface area contributed by atoms with E-state index < -0.39 is 0 Å². The number of aliphatic hydroxyl groups is 1. The van der Waals surface area contributed by atoms with Gasteiger partial charge in [-0.05, 0) is 13.8 Å². The maximum atomic E-state index is 8.78. The molecule has 0 fully saturated rings. The van der Waals surface area contributed by atoms with Gasteiger partial charge in [-0.3, -0.25) is 4.68 Å². The van der Waals surface area contributed by atoms with Crippen LogP contribution in [-0.4, -0.2) is 36.5 Å². The number of aliphatic hydroxyl groups excluding tert-OH is 1. The zero-order valence-electron chi connectivity index (χ0n) is 10.6. The van der Waals surface area contributed by atoms with E-state index in [0.29, 0.717) is 19.1 Å². The first-order valence-electron chi connectivity index (χ1n) is 5.97. The van der Waals surface area contributed by atoms with E-state index in [9.17, 15) is 0 Å². The lowest BCUT2D eigenvalue weighted by atomic mass is 10.4. The second-order valence-electron chi connectivity index (χ2n) is 4.35. The molecule has 7 heteroatoms. The number of aromatic nitrogens is 5. The first-order valence-corrected chi connectivity index (χ1v) is 5.97. The van der Waals surface area contributed by atoms with E-state index in [1.165, 1.54) is 0 Å². The highest BCUT2D eigenvalue weighted by Gasteiger charge is 2.03. The fraction of sp³-hybridized carbons (Fsp3) is 0.545. The van der Waals surface area contributed by atoms with Gasteiger partial charge >= 0.3 is 0 Å². The highest BCUT2D eigenvalue weighted by atomic mass is 16.3. The van der Waals surface area contributed by atoms with E-state index in [-0.39, 0.29) is 6.61 Å².